The number of carbonyl (C=O) groups is 1. The van der Waals surface area contributed by atoms with Crippen LogP contribution in [0.25, 0.3) is 0 Å². The van der Waals surface area contributed by atoms with E-state index >= 15 is 0 Å². The smallest absolute Gasteiger partial charge is 0.289 e. The minimum Gasteiger partial charge on any atom is -0.459 e. The number of anilines is 2. The lowest BCUT2D eigenvalue weighted by atomic mass is 10.2. The topological polar surface area (TPSA) is 74.5 Å². The molecule has 144 valence electrons. The normalized spacial score (nSPS) is 14.2. The maximum atomic E-state index is 12.4. The summed E-state index contributed by atoms with van der Waals surface area (Å²) < 4.78 is 5.20. The first-order valence-corrected chi connectivity index (χ1v) is 9.45. The molecule has 2 aromatic heterocycles. The third-order valence-electron chi connectivity index (χ3n) is 4.66. The van der Waals surface area contributed by atoms with Crippen LogP contribution in [0.5, 0.6) is 0 Å². The maximum Gasteiger partial charge on any atom is 0.289 e. The fourth-order valence-electron chi connectivity index (χ4n) is 3.11. The van der Waals surface area contributed by atoms with Crippen molar-refractivity contribution in [3.8, 4) is 0 Å². The van der Waals surface area contributed by atoms with Crippen molar-refractivity contribution in [2.75, 3.05) is 36.4 Å². The van der Waals surface area contributed by atoms with Crippen LogP contribution in [0.4, 0.5) is 11.6 Å². The highest BCUT2D eigenvalue weighted by atomic mass is 35.5. The lowest BCUT2D eigenvalue weighted by Crippen LogP contribution is -2.49. The van der Waals surface area contributed by atoms with Crippen molar-refractivity contribution in [3.63, 3.8) is 0 Å². The number of nitrogens with zero attached hydrogens (tertiary/aromatic N) is 4. The average molecular weight is 398 g/mol. The van der Waals surface area contributed by atoms with Gasteiger partial charge in [0.05, 0.1) is 6.26 Å². The summed E-state index contributed by atoms with van der Waals surface area (Å²) in [7, 11) is 0. The Bertz CT molecular complexity index is 922. The fourth-order valence-corrected chi connectivity index (χ4v) is 3.23. The van der Waals surface area contributed by atoms with Crippen LogP contribution in [-0.2, 0) is 6.54 Å². The molecule has 1 saturated heterocycles. The highest BCUT2D eigenvalue weighted by Gasteiger charge is 2.24. The molecule has 0 aliphatic carbocycles. The zero-order valence-corrected chi connectivity index (χ0v) is 16.0. The van der Waals surface area contributed by atoms with Crippen LogP contribution in [0.1, 0.15) is 16.1 Å². The maximum absolute atomic E-state index is 12.4. The molecule has 4 rings (SSSR count). The van der Waals surface area contributed by atoms with Gasteiger partial charge in [0.1, 0.15) is 18.0 Å². The Labute approximate surface area is 167 Å². The number of benzene rings is 1. The molecule has 1 aliphatic rings. The molecule has 0 spiro atoms. The van der Waals surface area contributed by atoms with Crippen LogP contribution in [-0.4, -0.2) is 47.0 Å². The first-order valence-electron chi connectivity index (χ1n) is 9.07. The van der Waals surface area contributed by atoms with E-state index in [9.17, 15) is 4.79 Å². The molecule has 0 unspecified atom stereocenters. The van der Waals surface area contributed by atoms with Gasteiger partial charge in [0.25, 0.3) is 5.91 Å². The van der Waals surface area contributed by atoms with Crippen molar-refractivity contribution < 1.29 is 9.21 Å². The monoisotopic (exact) mass is 397 g/mol. The number of hydrogen-bond donors (Lipinski definition) is 1. The highest BCUT2D eigenvalue weighted by molar-refractivity contribution is 6.30. The van der Waals surface area contributed by atoms with Gasteiger partial charge in [0, 0.05) is 43.8 Å². The molecule has 0 atom stereocenters. The van der Waals surface area contributed by atoms with E-state index in [1.165, 1.54) is 6.26 Å². The number of carbonyl (C=O) groups excluding carboxylic acids is 1. The Kier molecular flexibility index (Phi) is 5.43. The zero-order chi connectivity index (χ0) is 19.3. The van der Waals surface area contributed by atoms with E-state index in [-0.39, 0.29) is 5.91 Å². The minimum absolute atomic E-state index is 0.0716. The third-order valence-corrected chi connectivity index (χ3v) is 4.91. The molecule has 7 nitrogen and oxygen atoms in total. The number of halogens is 1. The van der Waals surface area contributed by atoms with Crippen molar-refractivity contribution in [1.29, 1.82) is 0 Å². The molecule has 3 heterocycles. The molecule has 3 aromatic rings. The van der Waals surface area contributed by atoms with Crippen LogP contribution in [0.2, 0.25) is 5.02 Å². The zero-order valence-electron chi connectivity index (χ0n) is 15.2. The molecule has 28 heavy (non-hydrogen) atoms. The summed E-state index contributed by atoms with van der Waals surface area (Å²) in [6.07, 6.45) is 3.07. The van der Waals surface area contributed by atoms with E-state index < -0.39 is 0 Å². The molecule has 0 saturated carbocycles. The van der Waals surface area contributed by atoms with E-state index in [4.69, 9.17) is 16.0 Å². The number of aromatic nitrogens is 2. The molecule has 0 radical (unpaired) electrons. The lowest BCUT2D eigenvalue weighted by Gasteiger charge is -2.35. The van der Waals surface area contributed by atoms with Crippen molar-refractivity contribution in [3.05, 3.63) is 71.4 Å². The Balaban J connectivity index is 1.34. The van der Waals surface area contributed by atoms with Gasteiger partial charge in [0.2, 0.25) is 0 Å². The van der Waals surface area contributed by atoms with Crippen LogP contribution >= 0.6 is 11.6 Å². The summed E-state index contributed by atoms with van der Waals surface area (Å²) in [5, 5.41) is 4.03. The Morgan fingerprint density at radius 2 is 1.89 bits per heavy atom. The van der Waals surface area contributed by atoms with E-state index in [0.717, 1.165) is 22.2 Å². The Morgan fingerprint density at radius 1 is 1.11 bits per heavy atom. The lowest BCUT2D eigenvalue weighted by molar-refractivity contribution is 0.0714. The number of nitrogens with one attached hydrogen (secondary N) is 1. The molecular weight excluding hydrogens is 378 g/mol. The molecule has 8 heteroatoms. The summed E-state index contributed by atoms with van der Waals surface area (Å²) in [5.74, 6) is 1.91. The van der Waals surface area contributed by atoms with E-state index in [1.54, 1.807) is 23.4 Å². The van der Waals surface area contributed by atoms with Gasteiger partial charge in [-0.05, 0) is 29.8 Å². The van der Waals surface area contributed by atoms with Gasteiger partial charge in [-0.25, -0.2) is 9.97 Å². The number of hydrogen-bond acceptors (Lipinski definition) is 6. The first-order chi connectivity index (χ1) is 13.7. The second-order valence-electron chi connectivity index (χ2n) is 6.50. The molecule has 1 aliphatic heterocycles. The average Bonchev–Trinajstić information content (AvgIpc) is 3.28. The van der Waals surface area contributed by atoms with Crippen LogP contribution in [0.3, 0.4) is 0 Å². The van der Waals surface area contributed by atoms with Gasteiger partial charge in [-0.2, -0.15) is 0 Å². The molecule has 1 N–H and O–H groups in total. The van der Waals surface area contributed by atoms with Crippen LogP contribution < -0.4 is 10.2 Å². The highest BCUT2D eigenvalue weighted by Crippen LogP contribution is 2.18. The standard InChI is InChI=1S/C20H20ClN5O2/c21-16-5-3-15(4-6-16)13-22-18-12-19(24-14-23-18)25-7-9-26(10-8-25)20(27)17-2-1-11-28-17/h1-6,11-12,14H,7-10,13H2,(H,22,23,24). The number of furan rings is 1. The quantitative estimate of drug-likeness (QED) is 0.712. The van der Waals surface area contributed by atoms with Crippen molar-refractivity contribution in [2.24, 2.45) is 0 Å². The summed E-state index contributed by atoms with van der Waals surface area (Å²) in [5.41, 5.74) is 1.12. The van der Waals surface area contributed by atoms with Crippen LogP contribution in [0.15, 0.2) is 59.5 Å². The van der Waals surface area contributed by atoms with Gasteiger partial charge < -0.3 is 19.5 Å². The number of amides is 1. The number of piperazine rings is 1. The first kappa shape index (κ1) is 18.3. The molecule has 0 bridgehead atoms. The van der Waals surface area contributed by atoms with Gasteiger partial charge in [-0.15, -0.1) is 0 Å². The van der Waals surface area contributed by atoms with Crippen molar-refractivity contribution in [2.45, 2.75) is 6.54 Å². The molecular formula is C20H20ClN5O2. The summed E-state index contributed by atoms with van der Waals surface area (Å²) >= 11 is 5.92. The third kappa shape index (κ3) is 4.26. The van der Waals surface area contributed by atoms with Gasteiger partial charge in [-0.1, -0.05) is 23.7 Å². The van der Waals surface area contributed by atoms with Gasteiger partial charge >= 0.3 is 0 Å². The van der Waals surface area contributed by atoms with Crippen molar-refractivity contribution >= 4 is 29.1 Å². The Hall–Kier alpha value is -3.06. The second-order valence-corrected chi connectivity index (χ2v) is 6.93. The van der Waals surface area contributed by atoms with Gasteiger partial charge in [0.15, 0.2) is 5.76 Å². The van der Waals surface area contributed by atoms with Gasteiger partial charge in [-0.3, -0.25) is 4.79 Å². The molecule has 1 amide bonds. The van der Waals surface area contributed by atoms with E-state index in [2.05, 4.69) is 20.2 Å². The van der Waals surface area contributed by atoms with E-state index in [0.29, 0.717) is 38.5 Å². The number of rotatable bonds is 5. The predicted octanol–water partition coefficient (Wildman–Crippen LogP) is 3.30. The fraction of sp³-hybridized carbons (Fsp3) is 0.250. The molecule has 1 aromatic carbocycles. The Morgan fingerprint density at radius 3 is 2.61 bits per heavy atom. The molecule has 1 fully saturated rings. The van der Waals surface area contributed by atoms with Crippen LogP contribution in [0, 0.1) is 0 Å². The summed E-state index contributed by atoms with van der Waals surface area (Å²) in [6.45, 7) is 3.31. The largest absolute Gasteiger partial charge is 0.459 e. The summed E-state index contributed by atoms with van der Waals surface area (Å²) in [6, 6.07) is 13.0. The second kappa shape index (κ2) is 8.31. The minimum atomic E-state index is -0.0716. The summed E-state index contributed by atoms with van der Waals surface area (Å²) in [4.78, 5) is 25.0. The van der Waals surface area contributed by atoms with E-state index in [1.807, 2.05) is 30.3 Å². The predicted molar refractivity (Wildman–Crippen MR) is 108 cm³/mol. The SMILES string of the molecule is O=C(c1ccco1)N1CCN(c2cc(NCc3ccc(Cl)cc3)ncn2)CC1. The van der Waals surface area contributed by atoms with Crippen molar-refractivity contribution in [1.82, 2.24) is 14.9 Å².